The Balaban J connectivity index is 2.28. The maximum Gasteiger partial charge on any atom is 0.163 e. The zero-order chi connectivity index (χ0) is 14.0. The van der Waals surface area contributed by atoms with Crippen LogP contribution >= 0.6 is 0 Å². The van der Waals surface area contributed by atoms with Gasteiger partial charge in [0.2, 0.25) is 0 Å². The van der Waals surface area contributed by atoms with Crippen molar-refractivity contribution in [3.63, 3.8) is 0 Å². The first-order valence-corrected chi connectivity index (χ1v) is 6.35. The molecule has 1 aliphatic rings. The SMILES string of the molecule is COc1cc(F)c(C(N)C2COC(C)C2)cc1OC. The molecule has 0 amide bonds. The molecule has 0 spiro atoms. The molecular formula is C14H20FNO3. The van der Waals surface area contributed by atoms with Gasteiger partial charge >= 0.3 is 0 Å². The quantitative estimate of drug-likeness (QED) is 0.911. The van der Waals surface area contributed by atoms with Crippen LogP contribution in [0.4, 0.5) is 4.39 Å². The van der Waals surface area contributed by atoms with Gasteiger partial charge in [-0.15, -0.1) is 0 Å². The van der Waals surface area contributed by atoms with E-state index in [9.17, 15) is 4.39 Å². The third-order valence-corrected chi connectivity index (χ3v) is 3.60. The third kappa shape index (κ3) is 2.82. The van der Waals surface area contributed by atoms with Gasteiger partial charge in [0, 0.05) is 23.6 Å². The van der Waals surface area contributed by atoms with Crippen molar-refractivity contribution < 1.29 is 18.6 Å². The van der Waals surface area contributed by atoms with Crippen molar-refractivity contribution >= 4 is 0 Å². The molecule has 106 valence electrons. The van der Waals surface area contributed by atoms with Gasteiger partial charge in [0.05, 0.1) is 26.9 Å². The smallest absolute Gasteiger partial charge is 0.163 e. The third-order valence-electron chi connectivity index (χ3n) is 3.60. The van der Waals surface area contributed by atoms with E-state index in [1.165, 1.54) is 20.3 Å². The van der Waals surface area contributed by atoms with Crippen LogP contribution < -0.4 is 15.2 Å². The number of halogens is 1. The highest BCUT2D eigenvalue weighted by Crippen LogP contribution is 2.36. The number of methoxy groups -OCH3 is 2. The Bertz CT molecular complexity index is 453. The largest absolute Gasteiger partial charge is 0.493 e. The maximum atomic E-state index is 14.1. The molecule has 0 bridgehead atoms. The Morgan fingerprint density at radius 1 is 1.32 bits per heavy atom. The van der Waals surface area contributed by atoms with Crippen LogP contribution in [0.25, 0.3) is 0 Å². The summed E-state index contributed by atoms with van der Waals surface area (Å²) in [5.41, 5.74) is 6.61. The maximum absolute atomic E-state index is 14.1. The van der Waals surface area contributed by atoms with Crippen LogP contribution in [0.3, 0.4) is 0 Å². The topological polar surface area (TPSA) is 53.7 Å². The molecule has 1 heterocycles. The van der Waals surface area contributed by atoms with Gasteiger partial charge in [0.1, 0.15) is 5.82 Å². The van der Waals surface area contributed by atoms with Gasteiger partial charge in [-0.1, -0.05) is 0 Å². The Morgan fingerprint density at radius 3 is 2.47 bits per heavy atom. The van der Waals surface area contributed by atoms with Crippen molar-refractivity contribution in [2.75, 3.05) is 20.8 Å². The molecule has 5 heteroatoms. The number of benzene rings is 1. The molecule has 19 heavy (non-hydrogen) atoms. The number of rotatable bonds is 4. The number of nitrogens with two attached hydrogens (primary N) is 1. The Hall–Kier alpha value is -1.33. The summed E-state index contributed by atoms with van der Waals surface area (Å²) >= 11 is 0. The minimum Gasteiger partial charge on any atom is -0.493 e. The summed E-state index contributed by atoms with van der Waals surface area (Å²) in [6.07, 6.45) is 1.02. The van der Waals surface area contributed by atoms with Crippen molar-refractivity contribution in [2.24, 2.45) is 11.7 Å². The fraction of sp³-hybridized carbons (Fsp3) is 0.571. The number of hydrogen-bond acceptors (Lipinski definition) is 4. The van der Waals surface area contributed by atoms with E-state index in [0.29, 0.717) is 23.7 Å². The zero-order valence-corrected chi connectivity index (χ0v) is 11.5. The van der Waals surface area contributed by atoms with Gasteiger partial charge < -0.3 is 19.9 Å². The van der Waals surface area contributed by atoms with E-state index in [-0.39, 0.29) is 17.8 Å². The van der Waals surface area contributed by atoms with Crippen LogP contribution in [-0.2, 0) is 4.74 Å². The fourth-order valence-corrected chi connectivity index (χ4v) is 2.48. The average molecular weight is 269 g/mol. The van der Waals surface area contributed by atoms with Crippen molar-refractivity contribution in [3.8, 4) is 11.5 Å². The molecule has 2 N–H and O–H groups in total. The summed E-state index contributed by atoms with van der Waals surface area (Å²) in [7, 11) is 3.00. The molecule has 2 rings (SSSR count). The van der Waals surface area contributed by atoms with Crippen LogP contribution in [0.5, 0.6) is 11.5 Å². The van der Waals surface area contributed by atoms with Gasteiger partial charge in [-0.3, -0.25) is 0 Å². The van der Waals surface area contributed by atoms with Gasteiger partial charge in [-0.05, 0) is 19.4 Å². The lowest BCUT2D eigenvalue weighted by Gasteiger charge is -2.20. The molecule has 0 aromatic heterocycles. The van der Waals surface area contributed by atoms with Gasteiger partial charge in [0.15, 0.2) is 11.5 Å². The van der Waals surface area contributed by atoms with E-state index in [0.717, 1.165) is 6.42 Å². The molecule has 1 aliphatic heterocycles. The molecule has 0 saturated carbocycles. The summed E-state index contributed by atoms with van der Waals surface area (Å²) in [5, 5.41) is 0. The Kier molecular flexibility index (Phi) is 4.27. The normalized spacial score (nSPS) is 24.3. The van der Waals surface area contributed by atoms with Crippen molar-refractivity contribution in [3.05, 3.63) is 23.5 Å². The minimum atomic E-state index is -0.398. The van der Waals surface area contributed by atoms with E-state index in [1.54, 1.807) is 6.07 Å². The Morgan fingerprint density at radius 2 is 1.95 bits per heavy atom. The molecule has 1 saturated heterocycles. The van der Waals surface area contributed by atoms with E-state index in [1.807, 2.05) is 6.92 Å². The standard InChI is InChI=1S/C14H20FNO3/c1-8-4-9(7-19-8)14(16)10-5-12(17-2)13(18-3)6-11(10)15/h5-6,8-9,14H,4,7,16H2,1-3H3. The Labute approximate surface area is 112 Å². The van der Waals surface area contributed by atoms with Crippen LogP contribution in [0.1, 0.15) is 24.9 Å². The fourth-order valence-electron chi connectivity index (χ4n) is 2.48. The van der Waals surface area contributed by atoms with E-state index < -0.39 is 6.04 Å². The number of ether oxygens (including phenoxy) is 3. The lowest BCUT2D eigenvalue weighted by molar-refractivity contribution is 0.118. The summed E-state index contributed by atoms with van der Waals surface area (Å²) in [6.45, 7) is 2.56. The first-order chi connectivity index (χ1) is 9.06. The first kappa shape index (κ1) is 14.1. The first-order valence-electron chi connectivity index (χ1n) is 6.35. The van der Waals surface area contributed by atoms with Crippen molar-refractivity contribution in [1.29, 1.82) is 0 Å². The molecule has 3 unspecified atom stereocenters. The monoisotopic (exact) mass is 269 g/mol. The predicted octanol–water partition coefficient (Wildman–Crippen LogP) is 2.27. The highest BCUT2D eigenvalue weighted by molar-refractivity contribution is 5.44. The molecule has 0 aliphatic carbocycles. The molecule has 4 nitrogen and oxygen atoms in total. The predicted molar refractivity (Wildman–Crippen MR) is 70.0 cm³/mol. The van der Waals surface area contributed by atoms with Crippen LogP contribution in [0, 0.1) is 11.7 Å². The second-order valence-corrected chi connectivity index (χ2v) is 4.89. The summed E-state index contributed by atoms with van der Waals surface area (Å²) in [4.78, 5) is 0. The van der Waals surface area contributed by atoms with Gasteiger partial charge in [-0.25, -0.2) is 4.39 Å². The summed E-state index contributed by atoms with van der Waals surface area (Å²) in [5.74, 6) is 0.612. The molecule has 1 aromatic rings. The lowest BCUT2D eigenvalue weighted by Crippen LogP contribution is -2.23. The minimum absolute atomic E-state index is 0.127. The van der Waals surface area contributed by atoms with E-state index in [4.69, 9.17) is 19.9 Å². The van der Waals surface area contributed by atoms with Crippen LogP contribution in [0.15, 0.2) is 12.1 Å². The van der Waals surface area contributed by atoms with Gasteiger partial charge in [0.25, 0.3) is 0 Å². The number of hydrogen-bond donors (Lipinski definition) is 1. The highest BCUT2D eigenvalue weighted by Gasteiger charge is 2.30. The highest BCUT2D eigenvalue weighted by atomic mass is 19.1. The average Bonchev–Trinajstić information content (AvgIpc) is 2.84. The molecular weight excluding hydrogens is 249 g/mol. The second kappa shape index (κ2) is 5.75. The van der Waals surface area contributed by atoms with Gasteiger partial charge in [-0.2, -0.15) is 0 Å². The van der Waals surface area contributed by atoms with E-state index >= 15 is 0 Å². The molecule has 1 aromatic carbocycles. The summed E-state index contributed by atoms with van der Waals surface area (Å²) < 4.78 is 29.8. The van der Waals surface area contributed by atoms with Crippen LogP contribution in [0.2, 0.25) is 0 Å². The van der Waals surface area contributed by atoms with Crippen LogP contribution in [-0.4, -0.2) is 26.9 Å². The van der Waals surface area contributed by atoms with Crippen molar-refractivity contribution in [1.82, 2.24) is 0 Å². The zero-order valence-electron chi connectivity index (χ0n) is 11.5. The van der Waals surface area contributed by atoms with E-state index in [2.05, 4.69) is 0 Å². The summed E-state index contributed by atoms with van der Waals surface area (Å²) in [6, 6.07) is 2.53. The molecule has 3 atom stereocenters. The molecule has 1 fully saturated rings. The van der Waals surface area contributed by atoms with Crippen molar-refractivity contribution in [2.45, 2.75) is 25.5 Å². The second-order valence-electron chi connectivity index (χ2n) is 4.89. The lowest BCUT2D eigenvalue weighted by atomic mass is 9.91. The molecule has 0 radical (unpaired) electrons.